The van der Waals surface area contributed by atoms with E-state index >= 15 is 0 Å². The smallest absolute Gasteiger partial charge is 0.243 e. The fourth-order valence-corrected chi connectivity index (χ4v) is 5.03. The van der Waals surface area contributed by atoms with Crippen LogP contribution in [0.5, 0.6) is 0 Å². The van der Waals surface area contributed by atoms with Crippen LogP contribution >= 0.6 is 11.8 Å². The van der Waals surface area contributed by atoms with Crippen molar-refractivity contribution in [3.05, 3.63) is 30.6 Å². The van der Waals surface area contributed by atoms with Crippen LogP contribution in [-0.2, 0) is 14.8 Å². The maximum atomic E-state index is 13.2. The molecule has 5 N–H and O–H groups in total. The zero-order chi connectivity index (χ0) is 21.0. The number of carbonyl (C=O) groups excluding carboxylic acids is 1. The molecular formula is C17H21ClN6O4S. The Bertz CT molecular complexity index is 1050. The molecule has 1 saturated heterocycles. The van der Waals surface area contributed by atoms with E-state index in [-0.39, 0.29) is 30.6 Å². The van der Waals surface area contributed by atoms with Crippen molar-refractivity contribution in [1.29, 1.82) is 0 Å². The van der Waals surface area contributed by atoms with Crippen LogP contribution in [0.3, 0.4) is 0 Å². The molecule has 1 amide bonds. The predicted molar refractivity (Wildman–Crippen MR) is 110 cm³/mol. The van der Waals surface area contributed by atoms with E-state index in [9.17, 15) is 13.2 Å². The number of carbonyl (C=O) groups is 1. The van der Waals surface area contributed by atoms with E-state index in [0.29, 0.717) is 29.3 Å². The fourth-order valence-electron chi connectivity index (χ4n) is 3.30. The number of aliphatic hydroxyl groups excluding tert-OH is 1. The van der Waals surface area contributed by atoms with Gasteiger partial charge in [0, 0.05) is 41.8 Å². The van der Waals surface area contributed by atoms with E-state index in [1.54, 1.807) is 6.07 Å². The van der Waals surface area contributed by atoms with Gasteiger partial charge in [-0.2, -0.15) is 4.31 Å². The number of nitrogens with zero attached hydrogens (tertiary/aromatic N) is 3. The summed E-state index contributed by atoms with van der Waals surface area (Å²) in [5.41, 5.74) is 6.10. The number of halogens is 1. The molecule has 29 heavy (non-hydrogen) atoms. The number of anilines is 1. The number of pyridine rings is 1. The van der Waals surface area contributed by atoms with E-state index in [4.69, 9.17) is 22.6 Å². The molecule has 3 rings (SSSR count). The van der Waals surface area contributed by atoms with Gasteiger partial charge in [0.15, 0.2) is 0 Å². The number of nitrogens with two attached hydrogens (primary N) is 1. The van der Waals surface area contributed by atoms with Crippen LogP contribution in [0.2, 0.25) is 0 Å². The fraction of sp³-hybridized carbons (Fsp3) is 0.353. The van der Waals surface area contributed by atoms with Crippen molar-refractivity contribution in [3.8, 4) is 0 Å². The lowest BCUT2D eigenvalue weighted by Gasteiger charge is -2.23. The first-order valence-electron chi connectivity index (χ1n) is 8.88. The first-order valence-corrected chi connectivity index (χ1v) is 10.7. The molecule has 2 aromatic rings. The molecule has 1 aromatic heterocycles. The van der Waals surface area contributed by atoms with Gasteiger partial charge in [0.25, 0.3) is 0 Å². The number of aromatic nitrogens is 1. The third-order valence-electron chi connectivity index (χ3n) is 4.61. The first kappa shape index (κ1) is 21.2. The molecule has 0 aliphatic carbocycles. The van der Waals surface area contributed by atoms with Crippen LogP contribution < -0.4 is 16.4 Å². The molecule has 0 radical (unpaired) electrons. The number of amides is 1. The Morgan fingerprint density at radius 1 is 1.41 bits per heavy atom. The number of rotatable bonds is 6. The molecule has 1 aliphatic heterocycles. The molecular weight excluding hydrogens is 420 g/mol. The third-order valence-corrected chi connectivity index (χ3v) is 6.69. The van der Waals surface area contributed by atoms with E-state index in [0.717, 1.165) is 0 Å². The first-order chi connectivity index (χ1) is 13.9. The number of sulfonamides is 1. The largest absolute Gasteiger partial charge is 0.395 e. The minimum atomic E-state index is -3.90. The average Bonchev–Trinajstić information content (AvgIpc) is 3.22. The van der Waals surface area contributed by atoms with Crippen LogP contribution in [-0.4, -0.2) is 60.4 Å². The number of fused-ring (bicyclic) bond motifs is 1. The van der Waals surface area contributed by atoms with Gasteiger partial charge in [-0.25, -0.2) is 8.42 Å². The molecule has 1 aromatic carbocycles. The second-order valence-electron chi connectivity index (χ2n) is 6.45. The summed E-state index contributed by atoms with van der Waals surface area (Å²) in [4.78, 5) is 16.4. The van der Waals surface area contributed by atoms with Crippen molar-refractivity contribution in [2.45, 2.75) is 23.8 Å². The molecule has 0 saturated carbocycles. The Hall–Kier alpha value is -2.47. The lowest BCUT2D eigenvalue weighted by Crippen LogP contribution is -2.46. The normalized spacial score (nSPS) is 18.1. The van der Waals surface area contributed by atoms with E-state index < -0.39 is 22.0 Å². The highest BCUT2D eigenvalue weighted by atomic mass is 35.5. The summed E-state index contributed by atoms with van der Waals surface area (Å²) in [5, 5.41) is 15.5. The zero-order valence-electron chi connectivity index (χ0n) is 15.4. The van der Waals surface area contributed by atoms with Crippen LogP contribution in [0, 0.1) is 0 Å². The van der Waals surface area contributed by atoms with Crippen LogP contribution in [0.15, 0.2) is 40.0 Å². The third kappa shape index (κ3) is 4.42. The van der Waals surface area contributed by atoms with Crippen molar-refractivity contribution in [2.24, 2.45) is 10.2 Å². The summed E-state index contributed by atoms with van der Waals surface area (Å²) in [6.07, 6.45) is 4.06. The SMILES string of the molecule is NC(=NCl)Nc1cncc2cc(S(=O)(=O)N3CCCC3C(=O)NCCO)ccc12. The van der Waals surface area contributed by atoms with Crippen molar-refractivity contribution in [2.75, 3.05) is 25.0 Å². The van der Waals surface area contributed by atoms with Gasteiger partial charge in [-0.05, 0) is 25.0 Å². The van der Waals surface area contributed by atoms with Crippen molar-refractivity contribution < 1.29 is 18.3 Å². The standard InChI is InChI=1S/C17H21ClN6O4S/c18-23-17(19)22-14-10-20-9-11-8-12(3-4-13(11)14)29(27,28)24-6-1-2-15(24)16(26)21-5-7-25/h3-4,8-10,15,25H,1-2,5-7H2,(H,21,26)(H3,19,22,23). The van der Waals surface area contributed by atoms with Crippen LogP contribution in [0.1, 0.15) is 12.8 Å². The van der Waals surface area contributed by atoms with Crippen LogP contribution in [0.4, 0.5) is 5.69 Å². The monoisotopic (exact) mass is 440 g/mol. The number of benzene rings is 1. The van der Waals surface area contributed by atoms with Crippen molar-refractivity contribution in [3.63, 3.8) is 0 Å². The summed E-state index contributed by atoms with van der Waals surface area (Å²) < 4.78 is 30.9. The summed E-state index contributed by atoms with van der Waals surface area (Å²) in [6, 6.07) is 3.80. The quantitative estimate of drug-likeness (QED) is 0.374. The summed E-state index contributed by atoms with van der Waals surface area (Å²) >= 11 is 5.33. The number of hydrogen-bond donors (Lipinski definition) is 4. The maximum absolute atomic E-state index is 13.2. The lowest BCUT2D eigenvalue weighted by molar-refractivity contribution is -0.124. The van der Waals surface area contributed by atoms with Gasteiger partial charge in [0.2, 0.25) is 21.9 Å². The summed E-state index contributed by atoms with van der Waals surface area (Å²) in [5.74, 6) is -0.434. The number of aliphatic hydroxyl groups is 1. The Balaban J connectivity index is 1.93. The van der Waals surface area contributed by atoms with Gasteiger partial charge in [0.05, 0.1) is 23.4 Å². The van der Waals surface area contributed by atoms with E-state index in [1.807, 2.05) is 0 Å². The number of guanidine groups is 1. The number of nitrogens with one attached hydrogen (secondary N) is 2. The highest BCUT2D eigenvalue weighted by molar-refractivity contribution is 7.89. The molecule has 1 fully saturated rings. The average molecular weight is 441 g/mol. The topological polar surface area (TPSA) is 150 Å². The maximum Gasteiger partial charge on any atom is 0.243 e. The molecule has 12 heteroatoms. The second kappa shape index (κ2) is 8.91. The van der Waals surface area contributed by atoms with E-state index in [2.05, 4.69) is 20.1 Å². The Labute approximate surface area is 172 Å². The lowest BCUT2D eigenvalue weighted by atomic mass is 10.1. The highest BCUT2D eigenvalue weighted by Gasteiger charge is 2.39. The second-order valence-corrected chi connectivity index (χ2v) is 8.51. The van der Waals surface area contributed by atoms with Gasteiger partial charge in [0.1, 0.15) is 6.04 Å². The number of hydrogen-bond acceptors (Lipinski definition) is 6. The molecule has 1 atom stereocenters. The Morgan fingerprint density at radius 3 is 2.93 bits per heavy atom. The van der Waals surface area contributed by atoms with Gasteiger partial charge in [-0.3, -0.25) is 9.78 Å². The zero-order valence-corrected chi connectivity index (χ0v) is 16.9. The van der Waals surface area contributed by atoms with E-state index in [1.165, 1.54) is 28.8 Å². The van der Waals surface area contributed by atoms with Gasteiger partial charge < -0.3 is 21.5 Å². The molecule has 156 valence electrons. The Kier molecular flexibility index (Phi) is 6.52. The van der Waals surface area contributed by atoms with Crippen molar-refractivity contribution >= 4 is 50.1 Å². The van der Waals surface area contributed by atoms with Gasteiger partial charge in [-0.1, -0.05) is 6.07 Å². The molecule has 0 spiro atoms. The molecule has 10 nitrogen and oxygen atoms in total. The minimum absolute atomic E-state index is 0.0218. The van der Waals surface area contributed by atoms with Gasteiger partial charge in [-0.15, -0.1) is 4.51 Å². The molecule has 0 bridgehead atoms. The summed E-state index contributed by atoms with van der Waals surface area (Å²) in [7, 11) is -3.90. The molecule has 1 aliphatic rings. The highest BCUT2D eigenvalue weighted by Crippen LogP contribution is 2.30. The van der Waals surface area contributed by atoms with Crippen molar-refractivity contribution in [1.82, 2.24) is 14.6 Å². The molecule has 2 heterocycles. The summed E-state index contributed by atoms with van der Waals surface area (Å²) in [6.45, 7) is 0.119. The Morgan fingerprint density at radius 2 is 2.21 bits per heavy atom. The predicted octanol–water partition coefficient (Wildman–Crippen LogP) is 0.377. The minimum Gasteiger partial charge on any atom is -0.395 e. The molecule has 1 unspecified atom stereocenters. The van der Waals surface area contributed by atoms with Gasteiger partial charge >= 0.3 is 0 Å². The van der Waals surface area contributed by atoms with Crippen LogP contribution in [0.25, 0.3) is 10.8 Å².